The summed E-state index contributed by atoms with van der Waals surface area (Å²) in [4.78, 5) is 8.40. The van der Waals surface area contributed by atoms with Gasteiger partial charge in [0.2, 0.25) is 0 Å². The van der Waals surface area contributed by atoms with Crippen molar-refractivity contribution in [3.63, 3.8) is 0 Å². The van der Waals surface area contributed by atoms with Crippen molar-refractivity contribution in [2.45, 2.75) is 25.8 Å². The number of phenolic OH excluding ortho intramolecular Hbond substituents is 1. The monoisotopic (exact) mass is 393 g/mol. The SMILES string of the molecule is C=CC1=C(/C(O)=C\C)CC(n2nc(-c3cc(O)cc(F)c3)c3c(N)ncnc32)C1. The molecule has 7 nitrogen and oxygen atoms in total. The molecule has 1 aliphatic rings. The second-order valence-electron chi connectivity index (χ2n) is 6.89. The van der Waals surface area contributed by atoms with Crippen LogP contribution < -0.4 is 5.73 Å². The van der Waals surface area contributed by atoms with E-state index in [1.54, 1.807) is 23.8 Å². The summed E-state index contributed by atoms with van der Waals surface area (Å²) in [6.45, 7) is 5.61. The highest BCUT2D eigenvalue weighted by Crippen LogP contribution is 2.41. The maximum Gasteiger partial charge on any atom is 0.164 e. The minimum atomic E-state index is -0.588. The lowest BCUT2D eigenvalue weighted by Crippen LogP contribution is -2.09. The van der Waals surface area contributed by atoms with Crippen LogP contribution in [0.3, 0.4) is 0 Å². The Kier molecular flexibility index (Phi) is 4.54. The molecule has 3 aromatic rings. The molecule has 0 fully saturated rings. The fraction of sp³-hybridized carbons (Fsp3) is 0.190. The lowest BCUT2D eigenvalue weighted by atomic mass is 10.1. The van der Waals surface area contributed by atoms with Crippen LogP contribution in [0.4, 0.5) is 10.2 Å². The highest BCUT2D eigenvalue weighted by molar-refractivity contribution is 5.98. The van der Waals surface area contributed by atoms with Crippen LogP contribution in [-0.2, 0) is 0 Å². The molecule has 0 radical (unpaired) electrons. The quantitative estimate of drug-likeness (QED) is 0.573. The number of hydrogen-bond acceptors (Lipinski definition) is 6. The number of aromatic hydroxyl groups is 1. The molecule has 1 aliphatic carbocycles. The molecular formula is C21H20FN5O2. The number of nitrogen functional groups attached to an aromatic ring is 1. The Hall–Kier alpha value is -3.68. The average Bonchev–Trinajstić information content (AvgIpc) is 3.29. The van der Waals surface area contributed by atoms with Gasteiger partial charge in [0.15, 0.2) is 5.65 Å². The van der Waals surface area contributed by atoms with Crippen molar-refractivity contribution in [1.82, 2.24) is 19.7 Å². The number of aliphatic hydroxyl groups is 1. The second kappa shape index (κ2) is 7.05. The van der Waals surface area contributed by atoms with Gasteiger partial charge in [-0.25, -0.2) is 19.0 Å². The molecule has 8 heteroatoms. The summed E-state index contributed by atoms with van der Waals surface area (Å²) < 4.78 is 15.6. The van der Waals surface area contributed by atoms with Crippen LogP contribution >= 0.6 is 0 Å². The standard InChI is InChI=1S/C21H20FN5O2/c1-3-11-6-14(9-16(11)17(29)4-2)27-21-18(20(23)24-10-25-21)19(26-27)12-5-13(22)8-15(28)7-12/h3-5,7-8,10,14,28-29H,1,6,9H2,2H3,(H2,23,24,25)/b17-4+. The zero-order chi connectivity index (χ0) is 20.7. The number of nitrogens with zero attached hydrogens (tertiary/aromatic N) is 4. The van der Waals surface area contributed by atoms with E-state index < -0.39 is 5.82 Å². The van der Waals surface area contributed by atoms with Crippen LogP contribution in [-0.4, -0.2) is 30.0 Å². The van der Waals surface area contributed by atoms with Gasteiger partial charge in [0.05, 0.1) is 11.4 Å². The summed E-state index contributed by atoms with van der Waals surface area (Å²) >= 11 is 0. The van der Waals surface area contributed by atoms with Crippen molar-refractivity contribution in [3.05, 3.63) is 66.0 Å². The molecule has 1 unspecified atom stereocenters. The first-order chi connectivity index (χ1) is 13.9. The Bertz CT molecular complexity index is 1170. The number of hydrogen-bond donors (Lipinski definition) is 3. The number of allylic oxidation sites excluding steroid dienone is 4. The van der Waals surface area contributed by atoms with Crippen molar-refractivity contribution >= 4 is 16.9 Å². The van der Waals surface area contributed by atoms with Crippen LogP contribution in [0.25, 0.3) is 22.3 Å². The van der Waals surface area contributed by atoms with Crippen LogP contribution in [0, 0.1) is 5.82 Å². The lowest BCUT2D eigenvalue weighted by molar-refractivity contribution is 0.410. The third-order valence-electron chi connectivity index (χ3n) is 5.13. The van der Waals surface area contributed by atoms with Gasteiger partial charge in [0.1, 0.15) is 35.2 Å². The summed E-state index contributed by atoms with van der Waals surface area (Å²) in [5.41, 5.74) is 9.10. The summed E-state index contributed by atoms with van der Waals surface area (Å²) in [7, 11) is 0. The van der Waals surface area contributed by atoms with Gasteiger partial charge in [-0.1, -0.05) is 12.7 Å². The van der Waals surface area contributed by atoms with Crippen LogP contribution in [0.5, 0.6) is 5.75 Å². The molecular weight excluding hydrogens is 373 g/mol. The highest BCUT2D eigenvalue weighted by atomic mass is 19.1. The molecule has 2 aromatic heterocycles. The second-order valence-corrected chi connectivity index (χ2v) is 6.89. The molecule has 4 rings (SSSR count). The van der Waals surface area contributed by atoms with E-state index in [2.05, 4.69) is 21.6 Å². The predicted molar refractivity (Wildman–Crippen MR) is 109 cm³/mol. The Labute approximate surface area is 166 Å². The Morgan fingerprint density at radius 3 is 2.79 bits per heavy atom. The molecule has 29 heavy (non-hydrogen) atoms. The number of nitrogens with two attached hydrogens (primary N) is 1. The number of fused-ring (bicyclic) bond motifs is 1. The van der Waals surface area contributed by atoms with Gasteiger partial charge >= 0.3 is 0 Å². The minimum Gasteiger partial charge on any atom is -0.508 e. The first-order valence-electron chi connectivity index (χ1n) is 9.11. The molecule has 0 bridgehead atoms. The van der Waals surface area contributed by atoms with Crippen molar-refractivity contribution in [1.29, 1.82) is 0 Å². The van der Waals surface area contributed by atoms with E-state index in [0.717, 1.165) is 17.2 Å². The lowest BCUT2D eigenvalue weighted by Gasteiger charge is -2.12. The summed E-state index contributed by atoms with van der Waals surface area (Å²) in [5.74, 6) is -0.375. The minimum absolute atomic E-state index is 0.132. The average molecular weight is 393 g/mol. The number of halogens is 1. The van der Waals surface area contributed by atoms with E-state index in [4.69, 9.17) is 5.73 Å². The van der Waals surface area contributed by atoms with Crippen molar-refractivity contribution < 1.29 is 14.6 Å². The summed E-state index contributed by atoms with van der Waals surface area (Å²) in [5, 5.41) is 25.2. The van der Waals surface area contributed by atoms with Crippen LogP contribution in [0.2, 0.25) is 0 Å². The van der Waals surface area contributed by atoms with Gasteiger partial charge in [-0.3, -0.25) is 0 Å². The van der Waals surface area contributed by atoms with E-state index in [9.17, 15) is 14.6 Å². The van der Waals surface area contributed by atoms with E-state index >= 15 is 0 Å². The van der Waals surface area contributed by atoms with Crippen LogP contribution in [0.15, 0.2) is 60.2 Å². The maximum absolute atomic E-state index is 13.9. The molecule has 1 atom stereocenters. The smallest absolute Gasteiger partial charge is 0.164 e. The largest absolute Gasteiger partial charge is 0.508 e. The molecule has 1 aromatic carbocycles. The van der Waals surface area contributed by atoms with Crippen LogP contribution in [0.1, 0.15) is 25.8 Å². The fourth-order valence-electron chi connectivity index (χ4n) is 3.80. The number of benzene rings is 1. The molecule has 2 heterocycles. The third kappa shape index (κ3) is 3.12. The molecule has 0 aliphatic heterocycles. The molecule has 148 valence electrons. The number of aromatic nitrogens is 4. The first kappa shape index (κ1) is 18.7. The van der Waals surface area contributed by atoms with E-state index in [1.807, 2.05) is 0 Å². The molecule has 4 N–H and O–H groups in total. The molecule has 0 spiro atoms. The Morgan fingerprint density at radius 1 is 1.31 bits per heavy atom. The predicted octanol–water partition coefficient (Wildman–Crippen LogP) is 4.20. The highest BCUT2D eigenvalue weighted by Gasteiger charge is 2.30. The van der Waals surface area contributed by atoms with E-state index in [0.29, 0.717) is 35.1 Å². The van der Waals surface area contributed by atoms with Gasteiger partial charge in [-0.15, -0.1) is 0 Å². The van der Waals surface area contributed by atoms with E-state index in [1.165, 1.54) is 18.5 Å². The third-order valence-corrected chi connectivity index (χ3v) is 5.13. The van der Waals surface area contributed by atoms with Gasteiger partial charge in [0, 0.05) is 11.6 Å². The van der Waals surface area contributed by atoms with Crippen molar-refractivity contribution in [3.8, 4) is 17.0 Å². The topological polar surface area (TPSA) is 110 Å². The first-order valence-corrected chi connectivity index (χ1v) is 9.11. The maximum atomic E-state index is 13.9. The number of anilines is 1. The summed E-state index contributed by atoms with van der Waals surface area (Å²) in [6, 6.07) is 3.58. The molecule has 0 saturated carbocycles. The summed E-state index contributed by atoms with van der Waals surface area (Å²) in [6.07, 6.45) is 5.86. The number of rotatable bonds is 4. The Balaban J connectivity index is 1.88. The van der Waals surface area contributed by atoms with Gasteiger partial charge in [-0.2, -0.15) is 5.10 Å². The van der Waals surface area contributed by atoms with Gasteiger partial charge < -0.3 is 15.9 Å². The van der Waals surface area contributed by atoms with E-state index in [-0.39, 0.29) is 23.4 Å². The fourth-order valence-corrected chi connectivity index (χ4v) is 3.80. The van der Waals surface area contributed by atoms with Crippen molar-refractivity contribution in [2.24, 2.45) is 0 Å². The number of phenols is 1. The molecule has 0 amide bonds. The van der Waals surface area contributed by atoms with Gasteiger partial charge in [0.25, 0.3) is 0 Å². The zero-order valence-electron chi connectivity index (χ0n) is 15.8. The number of aliphatic hydroxyl groups excluding tert-OH is 1. The zero-order valence-corrected chi connectivity index (χ0v) is 15.8. The van der Waals surface area contributed by atoms with Crippen molar-refractivity contribution in [2.75, 3.05) is 5.73 Å². The normalized spacial score (nSPS) is 17.3. The Morgan fingerprint density at radius 2 is 2.10 bits per heavy atom. The van der Waals surface area contributed by atoms with Gasteiger partial charge in [-0.05, 0) is 49.1 Å². The molecule has 0 saturated heterocycles.